The van der Waals surface area contributed by atoms with Crippen LogP contribution in [0.25, 0.3) is 0 Å². The fourth-order valence-corrected chi connectivity index (χ4v) is 1.82. The first-order valence-corrected chi connectivity index (χ1v) is 6.08. The summed E-state index contributed by atoms with van der Waals surface area (Å²) in [5.41, 5.74) is 3.28. The molecule has 0 bridgehead atoms. The number of methoxy groups -OCH3 is 2. The molecule has 1 N–H and O–H groups in total. The number of benzene rings is 1. The van der Waals surface area contributed by atoms with Crippen molar-refractivity contribution in [1.29, 1.82) is 0 Å². The molecule has 0 aliphatic carbocycles. The molecule has 0 radical (unpaired) electrons. The zero-order chi connectivity index (χ0) is 13.8. The van der Waals surface area contributed by atoms with Crippen LogP contribution in [-0.4, -0.2) is 24.0 Å². The van der Waals surface area contributed by atoms with E-state index >= 15 is 0 Å². The summed E-state index contributed by atoms with van der Waals surface area (Å²) in [5, 5.41) is 7.57. The van der Waals surface area contributed by atoms with Crippen molar-refractivity contribution in [2.75, 3.05) is 19.5 Å². The Morgan fingerprint density at radius 2 is 1.79 bits per heavy atom. The normalized spacial score (nSPS) is 10.3. The first-order chi connectivity index (χ1) is 9.13. The minimum Gasteiger partial charge on any atom is -0.497 e. The molecule has 5 heteroatoms. The molecule has 0 unspecified atom stereocenters. The van der Waals surface area contributed by atoms with E-state index in [1.165, 1.54) is 5.56 Å². The SMILES string of the molecule is COc1cc(NCc2cnn(C)c2C)cc(OC)c1. The molecule has 0 saturated carbocycles. The summed E-state index contributed by atoms with van der Waals surface area (Å²) in [6.45, 7) is 2.77. The van der Waals surface area contributed by atoms with Crippen LogP contribution < -0.4 is 14.8 Å². The van der Waals surface area contributed by atoms with Crippen LogP contribution in [0.4, 0.5) is 5.69 Å². The van der Waals surface area contributed by atoms with Crippen LogP contribution in [0.2, 0.25) is 0 Å². The predicted molar refractivity (Wildman–Crippen MR) is 74.8 cm³/mol. The van der Waals surface area contributed by atoms with Crippen LogP contribution in [0, 0.1) is 6.92 Å². The molecule has 0 saturated heterocycles. The van der Waals surface area contributed by atoms with Crippen LogP contribution in [0.15, 0.2) is 24.4 Å². The minimum atomic E-state index is 0.718. The van der Waals surface area contributed by atoms with Gasteiger partial charge >= 0.3 is 0 Å². The summed E-state index contributed by atoms with van der Waals surface area (Å²) in [5.74, 6) is 1.54. The molecule has 0 amide bonds. The fourth-order valence-electron chi connectivity index (χ4n) is 1.82. The lowest BCUT2D eigenvalue weighted by molar-refractivity contribution is 0.394. The topological polar surface area (TPSA) is 48.3 Å². The van der Waals surface area contributed by atoms with E-state index in [-0.39, 0.29) is 0 Å². The van der Waals surface area contributed by atoms with Crippen molar-refractivity contribution in [2.24, 2.45) is 7.05 Å². The summed E-state index contributed by atoms with van der Waals surface area (Å²) in [6, 6.07) is 5.73. The third-order valence-corrected chi connectivity index (χ3v) is 3.17. The molecule has 0 atom stereocenters. The highest BCUT2D eigenvalue weighted by Crippen LogP contribution is 2.26. The van der Waals surface area contributed by atoms with Crippen LogP contribution in [0.3, 0.4) is 0 Å². The van der Waals surface area contributed by atoms with Gasteiger partial charge < -0.3 is 14.8 Å². The van der Waals surface area contributed by atoms with Gasteiger partial charge in [-0.1, -0.05) is 0 Å². The van der Waals surface area contributed by atoms with Crippen LogP contribution in [0.1, 0.15) is 11.3 Å². The Labute approximate surface area is 113 Å². The first kappa shape index (κ1) is 13.3. The molecular formula is C14H19N3O2. The molecule has 2 aromatic rings. The van der Waals surface area contributed by atoms with E-state index in [2.05, 4.69) is 17.3 Å². The van der Waals surface area contributed by atoms with Gasteiger partial charge in [-0.2, -0.15) is 5.10 Å². The molecule has 2 rings (SSSR count). The monoisotopic (exact) mass is 261 g/mol. The molecular weight excluding hydrogens is 242 g/mol. The highest BCUT2D eigenvalue weighted by molar-refractivity contribution is 5.54. The second kappa shape index (κ2) is 5.65. The lowest BCUT2D eigenvalue weighted by atomic mass is 10.2. The minimum absolute atomic E-state index is 0.718. The number of aryl methyl sites for hydroxylation is 1. The lowest BCUT2D eigenvalue weighted by Crippen LogP contribution is -2.02. The number of anilines is 1. The zero-order valence-electron chi connectivity index (χ0n) is 11.7. The van der Waals surface area contributed by atoms with Gasteiger partial charge in [0, 0.05) is 48.7 Å². The molecule has 0 spiro atoms. The van der Waals surface area contributed by atoms with Crippen molar-refractivity contribution in [2.45, 2.75) is 13.5 Å². The third kappa shape index (κ3) is 2.99. The molecule has 1 aromatic heterocycles. The highest BCUT2D eigenvalue weighted by Gasteiger charge is 2.05. The highest BCUT2D eigenvalue weighted by atomic mass is 16.5. The van der Waals surface area contributed by atoms with Gasteiger partial charge in [-0.3, -0.25) is 4.68 Å². The van der Waals surface area contributed by atoms with Gasteiger partial charge in [0.15, 0.2) is 0 Å². The second-order valence-corrected chi connectivity index (χ2v) is 4.33. The molecule has 102 valence electrons. The van der Waals surface area contributed by atoms with E-state index in [0.29, 0.717) is 0 Å². The smallest absolute Gasteiger partial charge is 0.124 e. The maximum atomic E-state index is 5.24. The van der Waals surface area contributed by atoms with Gasteiger partial charge in [0.25, 0.3) is 0 Å². The maximum absolute atomic E-state index is 5.24. The Kier molecular flexibility index (Phi) is 3.94. The summed E-state index contributed by atoms with van der Waals surface area (Å²) >= 11 is 0. The maximum Gasteiger partial charge on any atom is 0.124 e. The van der Waals surface area contributed by atoms with E-state index in [1.54, 1.807) is 14.2 Å². The number of nitrogens with zero attached hydrogens (tertiary/aromatic N) is 2. The second-order valence-electron chi connectivity index (χ2n) is 4.33. The average molecular weight is 261 g/mol. The molecule has 5 nitrogen and oxygen atoms in total. The number of rotatable bonds is 5. The summed E-state index contributed by atoms with van der Waals surface area (Å²) in [7, 11) is 5.22. The molecule has 19 heavy (non-hydrogen) atoms. The van der Waals surface area contributed by atoms with Crippen LogP contribution in [-0.2, 0) is 13.6 Å². The van der Waals surface area contributed by atoms with Gasteiger partial charge in [0.05, 0.1) is 20.4 Å². The lowest BCUT2D eigenvalue weighted by Gasteiger charge is -2.10. The largest absolute Gasteiger partial charge is 0.497 e. The quantitative estimate of drug-likeness (QED) is 0.897. The first-order valence-electron chi connectivity index (χ1n) is 6.08. The number of hydrogen-bond acceptors (Lipinski definition) is 4. The fraction of sp³-hybridized carbons (Fsp3) is 0.357. The van der Waals surface area contributed by atoms with E-state index in [9.17, 15) is 0 Å². The number of ether oxygens (including phenoxy) is 2. The third-order valence-electron chi connectivity index (χ3n) is 3.17. The van der Waals surface area contributed by atoms with Gasteiger partial charge in [-0.05, 0) is 6.92 Å². The molecule has 1 heterocycles. The Hall–Kier alpha value is -2.17. The Balaban J connectivity index is 2.12. The average Bonchev–Trinajstić information content (AvgIpc) is 2.76. The number of nitrogens with one attached hydrogen (secondary N) is 1. The van der Waals surface area contributed by atoms with Gasteiger partial charge in [0.2, 0.25) is 0 Å². The van der Waals surface area contributed by atoms with E-state index in [0.717, 1.165) is 29.4 Å². The zero-order valence-corrected chi connectivity index (χ0v) is 11.7. The van der Waals surface area contributed by atoms with Crippen molar-refractivity contribution >= 4 is 5.69 Å². The summed E-state index contributed by atoms with van der Waals surface area (Å²) < 4.78 is 12.3. The molecule has 0 fully saturated rings. The summed E-state index contributed by atoms with van der Waals surface area (Å²) in [6.07, 6.45) is 1.87. The van der Waals surface area contributed by atoms with E-state index < -0.39 is 0 Å². The van der Waals surface area contributed by atoms with Crippen LogP contribution >= 0.6 is 0 Å². The Bertz CT molecular complexity index is 542. The summed E-state index contributed by atoms with van der Waals surface area (Å²) in [4.78, 5) is 0. The van der Waals surface area contributed by atoms with Gasteiger partial charge in [-0.15, -0.1) is 0 Å². The van der Waals surface area contributed by atoms with Crippen molar-refractivity contribution in [1.82, 2.24) is 9.78 Å². The Morgan fingerprint density at radius 3 is 2.26 bits per heavy atom. The van der Waals surface area contributed by atoms with Crippen LogP contribution in [0.5, 0.6) is 11.5 Å². The number of hydrogen-bond donors (Lipinski definition) is 1. The standard InChI is InChI=1S/C14H19N3O2/c1-10-11(9-16-17(10)2)8-15-12-5-13(18-3)7-14(6-12)19-4/h5-7,9,15H,8H2,1-4H3. The predicted octanol–water partition coefficient (Wildman–Crippen LogP) is 2.36. The molecule has 0 aliphatic rings. The van der Waals surface area contributed by atoms with Crippen molar-refractivity contribution in [3.05, 3.63) is 35.7 Å². The van der Waals surface area contributed by atoms with Crippen molar-refractivity contribution < 1.29 is 9.47 Å². The van der Waals surface area contributed by atoms with Crippen molar-refractivity contribution in [3.8, 4) is 11.5 Å². The Morgan fingerprint density at radius 1 is 1.16 bits per heavy atom. The van der Waals surface area contributed by atoms with Gasteiger partial charge in [-0.25, -0.2) is 0 Å². The molecule has 0 aliphatic heterocycles. The number of aromatic nitrogens is 2. The van der Waals surface area contributed by atoms with E-state index in [4.69, 9.17) is 9.47 Å². The van der Waals surface area contributed by atoms with E-state index in [1.807, 2.05) is 36.1 Å². The van der Waals surface area contributed by atoms with Crippen molar-refractivity contribution in [3.63, 3.8) is 0 Å². The molecule has 1 aromatic carbocycles. The van der Waals surface area contributed by atoms with Gasteiger partial charge in [0.1, 0.15) is 11.5 Å².